The third-order valence-corrected chi connectivity index (χ3v) is 2.53. The van der Waals surface area contributed by atoms with Crippen LogP contribution in [0.3, 0.4) is 0 Å². The van der Waals surface area contributed by atoms with Gasteiger partial charge in [0, 0.05) is 25.4 Å². The van der Waals surface area contributed by atoms with Crippen molar-refractivity contribution in [3.05, 3.63) is 18.6 Å². The lowest BCUT2D eigenvalue weighted by Crippen LogP contribution is -1.98. The summed E-state index contributed by atoms with van der Waals surface area (Å²) in [5.74, 6) is 0. The molecule has 0 aliphatic heterocycles. The Morgan fingerprint density at radius 3 is 2.88 bits per heavy atom. The van der Waals surface area contributed by atoms with Gasteiger partial charge in [0.05, 0.1) is 18.1 Å². The molecule has 0 atom stereocenters. The molecule has 86 valence electrons. The van der Waals surface area contributed by atoms with E-state index in [1.54, 1.807) is 21.8 Å². The van der Waals surface area contributed by atoms with E-state index in [-0.39, 0.29) is 0 Å². The van der Waals surface area contributed by atoms with Crippen molar-refractivity contribution in [2.24, 2.45) is 7.05 Å². The molecule has 3 heterocycles. The maximum absolute atomic E-state index is 4.51. The minimum absolute atomic E-state index is 0.569. The second kappa shape index (κ2) is 3.62. The third-order valence-electron chi connectivity index (χ3n) is 2.53. The molecule has 0 saturated heterocycles. The molecule has 3 rings (SSSR count). The SMILES string of the molecule is CCn1nnc2ncc(-c3cnn(C)c3)nc21. The van der Waals surface area contributed by atoms with Crippen LogP contribution in [0.1, 0.15) is 6.92 Å². The minimum atomic E-state index is 0.569. The van der Waals surface area contributed by atoms with Crippen molar-refractivity contribution < 1.29 is 0 Å². The molecule has 0 saturated carbocycles. The molecule has 0 unspecified atom stereocenters. The van der Waals surface area contributed by atoms with Crippen molar-refractivity contribution >= 4 is 11.3 Å². The quantitative estimate of drug-likeness (QED) is 0.644. The van der Waals surface area contributed by atoms with Crippen molar-refractivity contribution in [3.63, 3.8) is 0 Å². The first-order valence-corrected chi connectivity index (χ1v) is 5.33. The van der Waals surface area contributed by atoms with E-state index in [9.17, 15) is 0 Å². The molecule has 0 bridgehead atoms. The molecule has 0 radical (unpaired) electrons. The van der Waals surface area contributed by atoms with Gasteiger partial charge in [-0.1, -0.05) is 5.21 Å². The Balaban J connectivity index is 2.18. The number of rotatable bonds is 2. The second-order valence-corrected chi connectivity index (χ2v) is 3.71. The van der Waals surface area contributed by atoms with Gasteiger partial charge in [0.2, 0.25) is 5.65 Å². The zero-order valence-corrected chi connectivity index (χ0v) is 9.57. The van der Waals surface area contributed by atoms with Gasteiger partial charge in [-0.2, -0.15) is 5.10 Å². The van der Waals surface area contributed by atoms with Crippen molar-refractivity contribution in [3.8, 4) is 11.3 Å². The summed E-state index contributed by atoms with van der Waals surface area (Å²) in [6.45, 7) is 2.72. The number of aryl methyl sites for hydroxylation is 2. The zero-order valence-electron chi connectivity index (χ0n) is 9.57. The van der Waals surface area contributed by atoms with Crippen LogP contribution in [0.5, 0.6) is 0 Å². The zero-order chi connectivity index (χ0) is 11.8. The molecule has 0 aromatic carbocycles. The molecular formula is C10H11N7. The first-order valence-electron chi connectivity index (χ1n) is 5.33. The van der Waals surface area contributed by atoms with Crippen LogP contribution in [-0.4, -0.2) is 34.7 Å². The minimum Gasteiger partial charge on any atom is -0.275 e. The Labute approximate surface area is 97.1 Å². The molecule has 3 aromatic heterocycles. The van der Waals surface area contributed by atoms with E-state index in [2.05, 4.69) is 25.4 Å². The van der Waals surface area contributed by atoms with Crippen molar-refractivity contribution in [1.29, 1.82) is 0 Å². The largest absolute Gasteiger partial charge is 0.275 e. The molecule has 7 nitrogen and oxygen atoms in total. The fourth-order valence-corrected chi connectivity index (χ4v) is 1.66. The highest BCUT2D eigenvalue weighted by molar-refractivity contribution is 5.69. The van der Waals surface area contributed by atoms with Gasteiger partial charge in [-0.3, -0.25) is 4.68 Å². The summed E-state index contributed by atoms with van der Waals surface area (Å²) in [6, 6.07) is 0. The molecule has 0 N–H and O–H groups in total. The van der Waals surface area contributed by atoms with E-state index in [0.29, 0.717) is 11.3 Å². The van der Waals surface area contributed by atoms with E-state index in [1.807, 2.05) is 20.2 Å². The van der Waals surface area contributed by atoms with Crippen LogP contribution in [0.25, 0.3) is 22.6 Å². The van der Waals surface area contributed by atoms with Crippen LogP contribution in [-0.2, 0) is 13.6 Å². The molecule has 3 aromatic rings. The van der Waals surface area contributed by atoms with Crippen LogP contribution in [0.2, 0.25) is 0 Å². The molecular weight excluding hydrogens is 218 g/mol. The fourth-order valence-electron chi connectivity index (χ4n) is 1.66. The predicted octanol–water partition coefficient (Wildman–Crippen LogP) is 0.642. The van der Waals surface area contributed by atoms with Crippen molar-refractivity contribution in [2.75, 3.05) is 0 Å². The monoisotopic (exact) mass is 229 g/mol. The summed E-state index contributed by atoms with van der Waals surface area (Å²) in [6.07, 6.45) is 5.35. The van der Waals surface area contributed by atoms with Gasteiger partial charge in [0.25, 0.3) is 0 Å². The number of hydrogen-bond acceptors (Lipinski definition) is 5. The molecule has 0 amide bonds. The van der Waals surface area contributed by atoms with Crippen LogP contribution >= 0.6 is 0 Å². The van der Waals surface area contributed by atoms with Gasteiger partial charge in [0.15, 0.2) is 5.65 Å². The highest BCUT2D eigenvalue weighted by atomic mass is 15.4. The van der Waals surface area contributed by atoms with Crippen LogP contribution in [0.4, 0.5) is 0 Å². The van der Waals surface area contributed by atoms with Gasteiger partial charge in [-0.15, -0.1) is 5.10 Å². The van der Waals surface area contributed by atoms with Gasteiger partial charge in [-0.05, 0) is 6.92 Å². The summed E-state index contributed by atoms with van der Waals surface area (Å²) in [4.78, 5) is 8.75. The second-order valence-electron chi connectivity index (χ2n) is 3.71. The van der Waals surface area contributed by atoms with E-state index in [4.69, 9.17) is 0 Å². The lowest BCUT2D eigenvalue weighted by atomic mass is 10.3. The Bertz CT molecular complexity index is 666. The summed E-state index contributed by atoms with van der Waals surface area (Å²) in [5.41, 5.74) is 2.99. The normalized spacial score (nSPS) is 11.2. The highest BCUT2D eigenvalue weighted by Crippen LogP contribution is 2.16. The van der Waals surface area contributed by atoms with Gasteiger partial charge in [0.1, 0.15) is 0 Å². The molecule has 0 spiro atoms. The molecule has 17 heavy (non-hydrogen) atoms. The Morgan fingerprint density at radius 2 is 2.18 bits per heavy atom. The van der Waals surface area contributed by atoms with Crippen molar-refractivity contribution in [2.45, 2.75) is 13.5 Å². The third kappa shape index (κ3) is 1.55. The number of nitrogens with zero attached hydrogens (tertiary/aromatic N) is 7. The van der Waals surface area contributed by atoms with E-state index >= 15 is 0 Å². The molecule has 0 aliphatic carbocycles. The fraction of sp³-hybridized carbons (Fsp3) is 0.300. The first-order chi connectivity index (χ1) is 8.28. The smallest absolute Gasteiger partial charge is 0.221 e. The molecule has 0 aliphatic rings. The number of aromatic nitrogens is 7. The van der Waals surface area contributed by atoms with E-state index < -0.39 is 0 Å². The Morgan fingerprint density at radius 1 is 1.29 bits per heavy atom. The average molecular weight is 229 g/mol. The first kappa shape index (κ1) is 9.88. The van der Waals surface area contributed by atoms with Gasteiger partial charge >= 0.3 is 0 Å². The predicted molar refractivity (Wildman–Crippen MR) is 61.0 cm³/mol. The van der Waals surface area contributed by atoms with E-state index in [1.165, 1.54) is 0 Å². The van der Waals surface area contributed by atoms with Crippen LogP contribution in [0.15, 0.2) is 18.6 Å². The maximum atomic E-state index is 4.51. The lowest BCUT2D eigenvalue weighted by molar-refractivity contribution is 0.641. The Kier molecular flexibility index (Phi) is 2.10. The maximum Gasteiger partial charge on any atom is 0.221 e. The van der Waals surface area contributed by atoms with Crippen LogP contribution < -0.4 is 0 Å². The van der Waals surface area contributed by atoms with Crippen molar-refractivity contribution in [1.82, 2.24) is 34.7 Å². The number of hydrogen-bond donors (Lipinski definition) is 0. The average Bonchev–Trinajstić information content (AvgIpc) is 2.94. The number of fused-ring (bicyclic) bond motifs is 1. The summed E-state index contributed by atoms with van der Waals surface area (Å²) < 4.78 is 3.46. The summed E-state index contributed by atoms with van der Waals surface area (Å²) in [7, 11) is 1.87. The standard InChI is InChI=1S/C10H11N7/c1-3-17-10-9(14-15-17)11-5-8(13-10)7-4-12-16(2)6-7/h4-6H,3H2,1-2H3. The van der Waals surface area contributed by atoms with Crippen LogP contribution in [0, 0.1) is 0 Å². The van der Waals surface area contributed by atoms with E-state index in [0.717, 1.165) is 17.8 Å². The highest BCUT2D eigenvalue weighted by Gasteiger charge is 2.09. The Hall–Kier alpha value is -2.31. The van der Waals surface area contributed by atoms with Gasteiger partial charge in [-0.25, -0.2) is 14.6 Å². The summed E-state index contributed by atoms with van der Waals surface area (Å²) in [5, 5.41) is 12.0. The topological polar surface area (TPSA) is 74.3 Å². The molecule has 7 heteroatoms. The lowest BCUT2D eigenvalue weighted by Gasteiger charge is -1.97. The molecule has 0 fully saturated rings. The van der Waals surface area contributed by atoms with Gasteiger partial charge < -0.3 is 0 Å². The summed E-state index contributed by atoms with van der Waals surface area (Å²) >= 11 is 0.